The lowest BCUT2D eigenvalue weighted by atomic mass is 9.97. The summed E-state index contributed by atoms with van der Waals surface area (Å²) < 4.78 is 0. The lowest BCUT2D eigenvalue weighted by Crippen LogP contribution is -2.43. The minimum absolute atomic E-state index is 0.0518. The Balaban J connectivity index is 1.32. The number of aryl methyl sites for hydroxylation is 1. The molecule has 1 aliphatic heterocycles. The molecule has 3 aromatic rings. The molecule has 4 rings (SSSR count). The zero-order valence-electron chi connectivity index (χ0n) is 20.5. The monoisotopic (exact) mass is 457 g/mol. The van der Waals surface area contributed by atoms with Gasteiger partial charge in [-0.15, -0.1) is 0 Å². The third kappa shape index (κ3) is 5.74. The van der Waals surface area contributed by atoms with Crippen LogP contribution in [0, 0.1) is 12.8 Å². The summed E-state index contributed by atoms with van der Waals surface area (Å²) in [6, 6.07) is 16.8. The van der Waals surface area contributed by atoms with E-state index in [1.165, 1.54) is 11.3 Å². The van der Waals surface area contributed by atoms with E-state index in [2.05, 4.69) is 94.4 Å². The van der Waals surface area contributed by atoms with Crippen LogP contribution in [0.5, 0.6) is 0 Å². The van der Waals surface area contributed by atoms with Gasteiger partial charge in [-0.1, -0.05) is 42.0 Å². The summed E-state index contributed by atoms with van der Waals surface area (Å²) in [6.45, 7) is 10.5. The number of anilines is 2. The van der Waals surface area contributed by atoms with E-state index in [9.17, 15) is 4.79 Å². The highest BCUT2D eigenvalue weighted by molar-refractivity contribution is 5.79. The van der Waals surface area contributed by atoms with Crippen LogP contribution in [0.25, 0.3) is 11.1 Å². The highest BCUT2D eigenvalue weighted by atomic mass is 16.1. The Hall–Kier alpha value is -3.41. The first kappa shape index (κ1) is 23.7. The average Bonchev–Trinajstić information content (AvgIpc) is 2.89. The smallest absolute Gasteiger partial charge is 0.225 e. The van der Waals surface area contributed by atoms with E-state index in [-0.39, 0.29) is 11.8 Å². The van der Waals surface area contributed by atoms with Crippen LogP contribution in [0.3, 0.4) is 0 Å². The van der Waals surface area contributed by atoms with Crippen molar-refractivity contribution in [3.8, 4) is 11.1 Å². The van der Waals surface area contributed by atoms with E-state index < -0.39 is 0 Å². The van der Waals surface area contributed by atoms with Gasteiger partial charge in [0.15, 0.2) is 0 Å². The van der Waals surface area contributed by atoms with Crippen molar-refractivity contribution in [2.45, 2.75) is 40.2 Å². The minimum atomic E-state index is -0.0518. The quantitative estimate of drug-likeness (QED) is 0.525. The predicted molar refractivity (Wildman–Crippen MR) is 139 cm³/mol. The van der Waals surface area contributed by atoms with Crippen molar-refractivity contribution in [3.05, 3.63) is 72.1 Å². The summed E-state index contributed by atoms with van der Waals surface area (Å²) in [7, 11) is 0. The highest BCUT2D eigenvalue weighted by Gasteiger charge is 2.27. The van der Waals surface area contributed by atoms with Crippen molar-refractivity contribution < 1.29 is 4.79 Å². The van der Waals surface area contributed by atoms with Gasteiger partial charge < -0.3 is 15.1 Å². The Kier molecular flexibility index (Phi) is 7.78. The Labute approximate surface area is 203 Å². The number of benzene rings is 2. The zero-order chi connectivity index (χ0) is 23.9. The standard InChI is InChI=1S/C28H35N5O/c1-4-32(5-2)26-14-10-22(11-15-26)17-29-27(34)24-7-6-16-33(20-24)28-30-18-25(19-31-28)23-12-8-21(3)9-13-23/h8-15,18-19,24H,4-7,16-17,20H2,1-3H3,(H,29,34). The number of nitrogens with one attached hydrogen (secondary N) is 1. The molecule has 0 bridgehead atoms. The zero-order valence-corrected chi connectivity index (χ0v) is 20.5. The van der Waals surface area contributed by atoms with Crippen molar-refractivity contribution in [1.29, 1.82) is 0 Å². The van der Waals surface area contributed by atoms with Gasteiger partial charge in [-0.3, -0.25) is 4.79 Å². The third-order valence-corrected chi connectivity index (χ3v) is 6.63. The number of rotatable bonds is 8. The number of aromatic nitrogens is 2. The Bertz CT molecular complexity index is 1060. The minimum Gasteiger partial charge on any atom is -0.372 e. The molecule has 6 nitrogen and oxygen atoms in total. The molecule has 0 aliphatic carbocycles. The second kappa shape index (κ2) is 11.1. The van der Waals surface area contributed by atoms with Gasteiger partial charge in [-0.25, -0.2) is 9.97 Å². The molecule has 6 heteroatoms. The number of nitrogens with zero attached hydrogens (tertiary/aromatic N) is 4. The Morgan fingerprint density at radius 3 is 2.32 bits per heavy atom. The molecular formula is C28H35N5O. The second-order valence-electron chi connectivity index (χ2n) is 8.98. The van der Waals surface area contributed by atoms with Gasteiger partial charge in [0.25, 0.3) is 0 Å². The Morgan fingerprint density at radius 2 is 1.68 bits per heavy atom. The summed E-state index contributed by atoms with van der Waals surface area (Å²) in [5.74, 6) is 0.748. The molecular weight excluding hydrogens is 422 g/mol. The van der Waals surface area contributed by atoms with Gasteiger partial charge in [0.05, 0.1) is 5.92 Å². The second-order valence-corrected chi connectivity index (χ2v) is 8.98. The molecule has 1 atom stereocenters. The summed E-state index contributed by atoms with van der Waals surface area (Å²) in [6.07, 6.45) is 5.60. The van der Waals surface area contributed by atoms with Crippen LogP contribution in [-0.4, -0.2) is 42.1 Å². The van der Waals surface area contributed by atoms with E-state index in [1.807, 2.05) is 12.4 Å². The van der Waals surface area contributed by atoms with Crippen LogP contribution in [0.2, 0.25) is 0 Å². The first-order valence-corrected chi connectivity index (χ1v) is 12.3. The fourth-order valence-electron chi connectivity index (χ4n) is 4.50. The van der Waals surface area contributed by atoms with Gasteiger partial charge in [-0.05, 0) is 56.9 Å². The normalized spacial score (nSPS) is 15.7. The summed E-state index contributed by atoms with van der Waals surface area (Å²) in [5.41, 5.74) is 5.68. The largest absolute Gasteiger partial charge is 0.372 e. The van der Waals surface area contributed by atoms with E-state index in [0.29, 0.717) is 19.0 Å². The van der Waals surface area contributed by atoms with Crippen LogP contribution < -0.4 is 15.1 Å². The predicted octanol–water partition coefficient (Wildman–Crippen LogP) is 4.83. The van der Waals surface area contributed by atoms with Gasteiger partial charge in [0, 0.05) is 56.4 Å². The fourth-order valence-corrected chi connectivity index (χ4v) is 4.50. The molecule has 1 unspecified atom stereocenters. The number of carbonyl (C=O) groups is 1. The maximum atomic E-state index is 12.9. The van der Waals surface area contributed by atoms with Gasteiger partial charge >= 0.3 is 0 Å². The third-order valence-electron chi connectivity index (χ3n) is 6.63. The van der Waals surface area contributed by atoms with Crippen LogP contribution in [0.4, 0.5) is 11.6 Å². The van der Waals surface area contributed by atoms with Gasteiger partial charge in [0.2, 0.25) is 11.9 Å². The molecule has 1 N–H and O–H groups in total. The highest BCUT2D eigenvalue weighted by Crippen LogP contribution is 2.23. The lowest BCUT2D eigenvalue weighted by molar-refractivity contribution is -0.125. The fraction of sp³-hybridized carbons (Fsp3) is 0.393. The molecule has 1 aromatic heterocycles. The topological polar surface area (TPSA) is 61.4 Å². The lowest BCUT2D eigenvalue weighted by Gasteiger charge is -2.32. The number of piperidine rings is 1. The van der Waals surface area contributed by atoms with Crippen molar-refractivity contribution in [1.82, 2.24) is 15.3 Å². The molecule has 1 fully saturated rings. The molecule has 1 aliphatic rings. The summed E-state index contributed by atoms with van der Waals surface area (Å²) >= 11 is 0. The summed E-state index contributed by atoms with van der Waals surface area (Å²) in [5, 5.41) is 3.13. The van der Waals surface area contributed by atoms with E-state index in [0.717, 1.165) is 49.2 Å². The number of carbonyl (C=O) groups excluding carboxylic acids is 1. The average molecular weight is 458 g/mol. The van der Waals surface area contributed by atoms with Crippen molar-refractivity contribution in [2.75, 3.05) is 36.0 Å². The van der Waals surface area contributed by atoms with Crippen LogP contribution in [0.1, 0.15) is 37.8 Å². The molecule has 0 radical (unpaired) electrons. The molecule has 1 saturated heterocycles. The van der Waals surface area contributed by atoms with Gasteiger partial charge in [0.1, 0.15) is 0 Å². The molecule has 0 spiro atoms. The first-order valence-electron chi connectivity index (χ1n) is 12.3. The van der Waals surface area contributed by atoms with E-state index >= 15 is 0 Å². The van der Waals surface area contributed by atoms with E-state index in [1.54, 1.807) is 0 Å². The molecule has 34 heavy (non-hydrogen) atoms. The first-order chi connectivity index (χ1) is 16.6. The van der Waals surface area contributed by atoms with Crippen LogP contribution in [0.15, 0.2) is 60.9 Å². The molecule has 2 aromatic carbocycles. The van der Waals surface area contributed by atoms with Crippen molar-refractivity contribution in [3.63, 3.8) is 0 Å². The van der Waals surface area contributed by atoms with Crippen LogP contribution >= 0.6 is 0 Å². The molecule has 2 heterocycles. The van der Waals surface area contributed by atoms with E-state index in [4.69, 9.17) is 0 Å². The molecule has 1 amide bonds. The molecule has 178 valence electrons. The number of amides is 1. The maximum Gasteiger partial charge on any atom is 0.225 e. The van der Waals surface area contributed by atoms with Crippen molar-refractivity contribution >= 4 is 17.5 Å². The summed E-state index contributed by atoms with van der Waals surface area (Å²) in [4.78, 5) is 26.5. The Morgan fingerprint density at radius 1 is 1.00 bits per heavy atom. The SMILES string of the molecule is CCN(CC)c1ccc(CNC(=O)C2CCCN(c3ncc(-c4ccc(C)cc4)cn3)C2)cc1. The van der Waals surface area contributed by atoms with Crippen molar-refractivity contribution in [2.24, 2.45) is 5.92 Å². The molecule has 0 saturated carbocycles. The number of hydrogen-bond acceptors (Lipinski definition) is 5. The maximum absolute atomic E-state index is 12.9. The number of hydrogen-bond donors (Lipinski definition) is 1. The van der Waals surface area contributed by atoms with Gasteiger partial charge in [-0.2, -0.15) is 0 Å². The van der Waals surface area contributed by atoms with Crippen LogP contribution in [-0.2, 0) is 11.3 Å².